The van der Waals surface area contributed by atoms with Gasteiger partial charge in [-0.3, -0.25) is 4.79 Å². The topological polar surface area (TPSA) is 71.8 Å². The number of carbonyl (C=O) groups is 1. The Morgan fingerprint density at radius 3 is 2.72 bits per heavy atom. The van der Waals surface area contributed by atoms with Crippen LogP contribution in [0, 0.1) is 0 Å². The maximum atomic E-state index is 12.7. The lowest BCUT2D eigenvalue weighted by atomic mass is 10.3. The molecule has 25 heavy (non-hydrogen) atoms. The summed E-state index contributed by atoms with van der Waals surface area (Å²) in [6.07, 6.45) is 1.50. The minimum Gasteiger partial charge on any atom is -0.379 e. The van der Waals surface area contributed by atoms with Crippen LogP contribution in [-0.2, 0) is 28.4 Å². The van der Waals surface area contributed by atoms with Gasteiger partial charge in [-0.2, -0.15) is 15.6 Å². The van der Waals surface area contributed by atoms with Crippen molar-refractivity contribution in [2.45, 2.75) is 11.4 Å². The highest BCUT2D eigenvalue weighted by Gasteiger charge is 2.29. The molecule has 3 heterocycles. The molecule has 2 aromatic heterocycles. The number of carbonyl (C=O) groups excluding carboxylic acids is 1. The van der Waals surface area contributed by atoms with Gasteiger partial charge in [0.15, 0.2) is 0 Å². The fourth-order valence-corrected chi connectivity index (χ4v) is 4.89. The maximum Gasteiger partial charge on any atom is 0.270 e. The van der Waals surface area contributed by atoms with Gasteiger partial charge in [-0.15, -0.1) is 0 Å². The van der Waals surface area contributed by atoms with Gasteiger partial charge in [-0.25, -0.2) is 8.42 Å². The molecule has 7 nitrogen and oxygen atoms in total. The van der Waals surface area contributed by atoms with E-state index < -0.39 is 10.0 Å². The van der Waals surface area contributed by atoms with Crippen molar-refractivity contribution >= 4 is 27.3 Å². The fourth-order valence-electron chi connectivity index (χ4n) is 2.75. The standard InChI is InChI=1S/C16H21N3O4S2/c1-17-11-14(25(21,22)19-4-6-23-7-5-19)9-15(17)16(20)18(2)10-13-3-8-24-12-13/h3,8-9,11-12H,4-7,10H2,1-2H3. The summed E-state index contributed by atoms with van der Waals surface area (Å²) in [5.74, 6) is -0.211. The van der Waals surface area contributed by atoms with Gasteiger partial charge in [-0.05, 0) is 28.5 Å². The molecule has 0 bridgehead atoms. The molecule has 1 amide bonds. The molecule has 0 radical (unpaired) electrons. The van der Waals surface area contributed by atoms with Crippen LogP contribution < -0.4 is 0 Å². The number of aromatic nitrogens is 1. The molecule has 3 rings (SSSR count). The highest BCUT2D eigenvalue weighted by atomic mass is 32.2. The first-order valence-electron chi connectivity index (χ1n) is 7.90. The van der Waals surface area contributed by atoms with E-state index in [1.807, 2.05) is 16.8 Å². The Balaban J connectivity index is 1.80. The maximum absolute atomic E-state index is 12.7. The highest BCUT2D eigenvalue weighted by molar-refractivity contribution is 7.89. The van der Waals surface area contributed by atoms with E-state index in [0.29, 0.717) is 38.5 Å². The Kier molecular flexibility index (Phi) is 5.28. The zero-order valence-electron chi connectivity index (χ0n) is 14.2. The first-order chi connectivity index (χ1) is 11.9. The summed E-state index contributed by atoms with van der Waals surface area (Å²) in [5.41, 5.74) is 1.40. The van der Waals surface area contributed by atoms with Crippen LogP contribution in [0.5, 0.6) is 0 Å². The summed E-state index contributed by atoms with van der Waals surface area (Å²) in [4.78, 5) is 14.4. The van der Waals surface area contributed by atoms with E-state index in [9.17, 15) is 13.2 Å². The highest BCUT2D eigenvalue weighted by Crippen LogP contribution is 2.21. The molecule has 0 saturated carbocycles. The van der Waals surface area contributed by atoms with Crippen molar-refractivity contribution in [3.8, 4) is 0 Å². The molecule has 0 aliphatic carbocycles. The molecule has 2 aromatic rings. The minimum absolute atomic E-state index is 0.143. The third-order valence-corrected chi connectivity index (χ3v) is 6.75. The second-order valence-corrected chi connectivity index (χ2v) is 8.70. The molecule has 0 N–H and O–H groups in total. The average molecular weight is 383 g/mol. The van der Waals surface area contributed by atoms with Gasteiger partial charge >= 0.3 is 0 Å². The van der Waals surface area contributed by atoms with Gasteiger partial charge in [-0.1, -0.05) is 0 Å². The van der Waals surface area contributed by atoms with Crippen molar-refractivity contribution in [3.63, 3.8) is 0 Å². The Bertz CT molecular complexity index is 837. The molecular formula is C16H21N3O4S2. The van der Waals surface area contributed by atoms with E-state index in [2.05, 4.69) is 0 Å². The van der Waals surface area contributed by atoms with Gasteiger partial charge < -0.3 is 14.2 Å². The zero-order chi connectivity index (χ0) is 18.0. The van der Waals surface area contributed by atoms with E-state index >= 15 is 0 Å². The molecule has 1 aliphatic heterocycles. The summed E-state index contributed by atoms with van der Waals surface area (Å²) < 4.78 is 33.6. The lowest BCUT2D eigenvalue weighted by Crippen LogP contribution is -2.40. The predicted octanol–water partition coefficient (Wildman–Crippen LogP) is 1.38. The van der Waals surface area contributed by atoms with Gasteiger partial charge in [0, 0.05) is 39.9 Å². The number of morpholine rings is 1. The number of hydrogen-bond donors (Lipinski definition) is 0. The number of aryl methyl sites for hydroxylation is 1. The Morgan fingerprint density at radius 2 is 2.08 bits per heavy atom. The minimum atomic E-state index is -3.61. The van der Waals surface area contributed by atoms with Crippen molar-refractivity contribution < 1.29 is 17.9 Å². The summed E-state index contributed by atoms with van der Waals surface area (Å²) in [5, 5.41) is 3.95. The van der Waals surface area contributed by atoms with Crippen molar-refractivity contribution in [3.05, 3.63) is 40.3 Å². The number of sulfonamides is 1. The number of rotatable bonds is 5. The van der Waals surface area contributed by atoms with E-state index in [-0.39, 0.29) is 10.8 Å². The van der Waals surface area contributed by atoms with Crippen LogP contribution in [0.25, 0.3) is 0 Å². The van der Waals surface area contributed by atoms with Gasteiger partial charge in [0.1, 0.15) is 10.6 Å². The molecule has 1 fully saturated rings. The van der Waals surface area contributed by atoms with Crippen LogP contribution in [0.4, 0.5) is 0 Å². The Morgan fingerprint density at radius 1 is 1.36 bits per heavy atom. The second kappa shape index (κ2) is 7.28. The fraction of sp³-hybridized carbons (Fsp3) is 0.438. The SMILES string of the molecule is CN(Cc1ccsc1)C(=O)c1cc(S(=O)(=O)N2CCOCC2)cn1C. The summed E-state index contributed by atoms with van der Waals surface area (Å²) >= 11 is 1.58. The van der Waals surface area contributed by atoms with Crippen molar-refractivity contribution in [1.82, 2.24) is 13.8 Å². The van der Waals surface area contributed by atoms with Crippen molar-refractivity contribution in [2.75, 3.05) is 33.4 Å². The molecule has 9 heteroatoms. The van der Waals surface area contributed by atoms with Crippen LogP contribution >= 0.6 is 11.3 Å². The van der Waals surface area contributed by atoms with Gasteiger partial charge in [0.05, 0.1) is 13.2 Å². The normalized spacial score (nSPS) is 16.1. The Hall–Kier alpha value is -1.68. The number of thiophene rings is 1. The van der Waals surface area contributed by atoms with Crippen LogP contribution in [0.15, 0.2) is 34.0 Å². The van der Waals surface area contributed by atoms with Crippen molar-refractivity contribution in [1.29, 1.82) is 0 Å². The van der Waals surface area contributed by atoms with Gasteiger partial charge in [0.25, 0.3) is 5.91 Å². The van der Waals surface area contributed by atoms with Crippen LogP contribution in [0.3, 0.4) is 0 Å². The largest absolute Gasteiger partial charge is 0.379 e. The Labute approximate surface area is 151 Å². The zero-order valence-corrected chi connectivity index (χ0v) is 15.8. The molecule has 1 aliphatic rings. The second-order valence-electron chi connectivity index (χ2n) is 5.98. The lowest BCUT2D eigenvalue weighted by molar-refractivity contribution is 0.0730. The van der Waals surface area contributed by atoms with Crippen LogP contribution in [0.1, 0.15) is 16.1 Å². The molecule has 0 atom stereocenters. The monoisotopic (exact) mass is 383 g/mol. The predicted molar refractivity (Wildman–Crippen MR) is 95.1 cm³/mol. The van der Waals surface area contributed by atoms with Gasteiger partial charge in [0.2, 0.25) is 10.0 Å². The number of ether oxygens (including phenoxy) is 1. The summed E-state index contributed by atoms with van der Waals surface area (Å²) in [6.45, 7) is 1.93. The summed E-state index contributed by atoms with van der Waals surface area (Å²) in [7, 11) is -0.213. The number of hydrogen-bond acceptors (Lipinski definition) is 5. The average Bonchev–Trinajstić information content (AvgIpc) is 3.24. The molecular weight excluding hydrogens is 362 g/mol. The molecule has 0 aromatic carbocycles. The quantitative estimate of drug-likeness (QED) is 0.782. The smallest absolute Gasteiger partial charge is 0.270 e. The van der Waals surface area contributed by atoms with Crippen molar-refractivity contribution in [2.24, 2.45) is 7.05 Å². The first-order valence-corrected chi connectivity index (χ1v) is 10.3. The van der Waals surface area contributed by atoms with Crippen LogP contribution in [0.2, 0.25) is 0 Å². The van der Waals surface area contributed by atoms with E-state index in [1.165, 1.54) is 16.6 Å². The van der Waals surface area contributed by atoms with E-state index in [1.54, 1.807) is 34.9 Å². The number of nitrogens with zero attached hydrogens (tertiary/aromatic N) is 3. The number of amides is 1. The molecule has 1 saturated heterocycles. The first kappa shape index (κ1) is 18.1. The third kappa shape index (κ3) is 3.79. The molecule has 0 unspecified atom stereocenters. The third-order valence-electron chi connectivity index (χ3n) is 4.15. The lowest BCUT2D eigenvalue weighted by Gasteiger charge is -2.25. The summed E-state index contributed by atoms with van der Waals surface area (Å²) in [6, 6.07) is 3.42. The molecule has 0 spiro atoms. The van der Waals surface area contributed by atoms with Crippen LogP contribution in [-0.4, -0.2) is 61.4 Å². The molecule has 136 valence electrons. The van der Waals surface area contributed by atoms with E-state index in [4.69, 9.17) is 4.74 Å². The van der Waals surface area contributed by atoms with E-state index in [0.717, 1.165) is 5.56 Å².